The fourth-order valence-corrected chi connectivity index (χ4v) is 4.17. The number of fused-ring (bicyclic) bond motifs is 5. The molecule has 2 nitrogen and oxygen atoms in total. The minimum atomic E-state index is 0.141. The number of hydrogen-bond acceptors (Lipinski definition) is 2. The fraction of sp³-hybridized carbons (Fsp3) is 0.833. The van der Waals surface area contributed by atoms with E-state index in [0.717, 1.165) is 19.3 Å². The zero-order valence-electron chi connectivity index (χ0n) is 8.75. The van der Waals surface area contributed by atoms with E-state index in [1.54, 1.807) is 0 Å². The first-order chi connectivity index (χ1) is 6.54. The van der Waals surface area contributed by atoms with E-state index < -0.39 is 0 Å². The van der Waals surface area contributed by atoms with Crippen molar-refractivity contribution < 1.29 is 9.59 Å². The Labute approximate surface area is 84.1 Å². The van der Waals surface area contributed by atoms with Gasteiger partial charge in [-0.1, -0.05) is 13.8 Å². The van der Waals surface area contributed by atoms with Crippen LogP contribution < -0.4 is 0 Å². The molecule has 0 aromatic heterocycles. The standard InChI is InChI=1S/C12H16O2/c1-6-8-3-7(4-9(6)13)12(2)5-10(14)11(8)12/h6-8,11H,3-5H2,1-2H3/t6-,7+,8-,11+,12+/m0/s1. The Hall–Kier alpha value is -0.660. The number of ketones is 2. The van der Waals surface area contributed by atoms with E-state index in [2.05, 4.69) is 6.92 Å². The third-order valence-corrected chi connectivity index (χ3v) is 5.13. The van der Waals surface area contributed by atoms with E-state index >= 15 is 0 Å². The predicted molar refractivity (Wildman–Crippen MR) is 51.6 cm³/mol. The molecule has 0 heterocycles. The van der Waals surface area contributed by atoms with Gasteiger partial charge in [-0.2, -0.15) is 0 Å². The first kappa shape index (κ1) is 8.63. The van der Waals surface area contributed by atoms with Crippen molar-refractivity contribution in [3.05, 3.63) is 0 Å². The highest BCUT2D eigenvalue weighted by Gasteiger charge is 2.65. The summed E-state index contributed by atoms with van der Waals surface area (Å²) in [4.78, 5) is 23.3. The van der Waals surface area contributed by atoms with Gasteiger partial charge in [0.05, 0.1) is 0 Å². The van der Waals surface area contributed by atoms with Crippen molar-refractivity contribution in [3.63, 3.8) is 0 Å². The Bertz CT molecular complexity index is 333. The zero-order valence-corrected chi connectivity index (χ0v) is 8.75. The zero-order chi connectivity index (χ0) is 10.1. The molecule has 76 valence electrons. The van der Waals surface area contributed by atoms with Crippen LogP contribution in [0.15, 0.2) is 0 Å². The molecular formula is C12H16O2. The molecule has 0 amide bonds. The Kier molecular flexibility index (Phi) is 1.41. The molecule has 2 heteroatoms. The summed E-state index contributed by atoms with van der Waals surface area (Å²) in [5.41, 5.74) is 0.197. The van der Waals surface area contributed by atoms with Gasteiger partial charge in [0.15, 0.2) is 0 Å². The van der Waals surface area contributed by atoms with E-state index in [-0.39, 0.29) is 17.3 Å². The van der Waals surface area contributed by atoms with Crippen LogP contribution in [0.2, 0.25) is 0 Å². The van der Waals surface area contributed by atoms with Crippen LogP contribution in [0.1, 0.15) is 33.1 Å². The van der Waals surface area contributed by atoms with Crippen molar-refractivity contribution in [1.29, 1.82) is 0 Å². The van der Waals surface area contributed by atoms with Crippen LogP contribution in [0.4, 0.5) is 0 Å². The van der Waals surface area contributed by atoms with E-state index in [4.69, 9.17) is 0 Å². The van der Waals surface area contributed by atoms with Crippen molar-refractivity contribution in [2.24, 2.45) is 29.1 Å². The third kappa shape index (κ3) is 0.745. The highest BCUT2D eigenvalue weighted by molar-refractivity contribution is 5.93. The van der Waals surface area contributed by atoms with Gasteiger partial charge in [-0.25, -0.2) is 0 Å². The molecule has 0 aromatic carbocycles. The highest BCUT2D eigenvalue weighted by atomic mass is 16.1. The number of rotatable bonds is 0. The van der Waals surface area contributed by atoms with Crippen LogP contribution in [0, 0.1) is 29.1 Å². The molecule has 0 spiro atoms. The van der Waals surface area contributed by atoms with Crippen LogP contribution in [0.25, 0.3) is 0 Å². The summed E-state index contributed by atoms with van der Waals surface area (Å²) in [6.07, 6.45) is 2.59. The van der Waals surface area contributed by atoms with Crippen molar-refractivity contribution in [2.45, 2.75) is 33.1 Å². The third-order valence-electron chi connectivity index (χ3n) is 5.13. The molecular weight excluding hydrogens is 176 g/mol. The molecule has 2 bridgehead atoms. The molecule has 0 radical (unpaired) electrons. The topological polar surface area (TPSA) is 34.1 Å². The molecule has 0 saturated heterocycles. The first-order valence-corrected chi connectivity index (χ1v) is 5.59. The maximum atomic E-state index is 11.7. The van der Waals surface area contributed by atoms with Gasteiger partial charge in [0.25, 0.3) is 0 Å². The van der Waals surface area contributed by atoms with E-state index in [9.17, 15) is 9.59 Å². The normalized spacial score (nSPS) is 55.6. The van der Waals surface area contributed by atoms with E-state index in [1.807, 2.05) is 6.92 Å². The summed E-state index contributed by atoms with van der Waals surface area (Å²) in [5.74, 6) is 2.08. The molecule has 0 aliphatic heterocycles. The van der Waals surface area contributed by atoms with Crippen molar-refractivity contribution in [2.75, 3.05) is 0 Å². The van der Waals surface area contributed by atoms with Gasteiger partial charge in [0, 0.05) is 24.7 Å². The number of Topliss-reactive ketones (excluding diaryl/α,β-unsaturated/α-hetero) is 2. The van der Waals surface area contributed by atoms with Gasteiger partial charge in [-0.3, -0.25) is 9.59 Å². The summed E-state index contributed by atoms with van der Waals surface area (Å²) in [7, 11) is 0. The number of carbonyl (C=O) groups excluding carboxylic acids is 2. The second-order valence-electron chi connectivity index (χ2n) is 5.68. The Morgan fingerprint density at radius 1 is 1.29 bits per heavy atom. The monoisotopic (exact) mass is 192 g/mol. The number of hydrogen-bond donors (Lipinski definition) is 0. The average molecular weight is 192 g/mol. The maximum absolute atomic E-state index is 11.7. The molecule has 3 rings (SSSR count). The summed E-state index contributed by atoms with van der Waals surface area (Å²) in [5, 5.41) is 0. The van der Waals surface area contributed by atoms with Crippen LogP contribution in [0.3, 0.4) is 0 Å². The van der Waals surface area contributed by atoms with Gasteiger partial charge in [-0.15, -0.1) is 0 Å². The highest BCUT2D eigenvalue weighted by Crippen LogP contribution is 2.65. The minimum Gasteiger partial charge on any atom is -0.299 e. The average Bonchev–Trinajstić information content (AvgIpc) is 2.29. The molecule has 0 unspecified atom stereocenters. The fourth-order valence-electron chi connectivity index (χ4n) is 4.17. The predicted octanol–water partition coefficient (Wildman–Crippen LogP) is 1.83. The lowest BCUT2D eigenvalue weighted by Gasteiger charge is -2.44. The van der Waals surface area contributed by atoms with Crippen LogP contribution in [-0.4, -0.2) is 11.6 Å². The maximum Gasteiger partial charge on any atom is 0.137 e. The smallest absolute Gasteiger partial charge is 0.137 e. The summed E-state index contributed by atoms with van der Waals surface area (Å²) >= 11 is 0. The van der Waals surface area contributed by atoms with Gasteiger partial charge in [0.2, 0.25) is 0 Å². The van der Waals surface area contributed by atoms with E-state index in [1.165, 1.54) is 0 Å². The van der Waals surface area contributed by atoms with E-state index in [0.29, 0.717) is 23.4 Å². The van der Waals surface area contributed by atoms with Gasteiger partial charge < -0.3 is 0 Å². The minimum absolute atomic E-state index is 0.141. The quantitative estimate of drug-likeness (QED) is 0.586. The molecule has 3 fully saturated rings. The lowest BCUT2D eigenvalue weighted by Crippen LogP contribution is -2.47. The van der Waals surface area contributed by atoms with Crippen LogP contribution in [-0.2, 0) is 9.59 Å². The molecule has 3 aliphatic carbocycles. The lowest BCUT2D eigenvalue weighted by molar-refractivity contribution is -0.143. The van der Waals surface area contributed by atoms with Gasteiger partial charge >= 0.3 is 0 Å². The molecule has 0 N–H and O–H groups in total. The van der Waals surface area contributed by atoms with Crippen molar-refractivity contribution >= 4 is 11.6 Å². The second-order valence-corrected chi connectivity index (χ2v) is 5.68. The van der Waals surface area contributed by atoms with Crippen LogP contribution in [0.5, 0.6) is 0 Å². The lowest BCUT2D eigenvalue weighted by atomic mass is 9.57. The Morgan fingerprint density at radius 3 is 2.64 bits per heavy atom. The van der Waals surface area contributed by atoms with Crippen molar-refractivity contribution in [1.82, 2.24) is 0 Å². The molecule has 5 atom stereocenters. The molecule has 14 heavy (non-hydrogen) atoms. The van der Waals surface area contributed by atoms with Gasteiger partial charge in [-0.05, 0) is 23.7 Å². The van der Waals surface area contributed by atoms with Crippen molar-refractivity contribution in [3.8, 4) is 0 Å². The SMILES string of the molecule is C[C@@H]1C(=O)C[C@H]2C[C@@H]1[C@@H]1C(=O)C[C@]21C. The Morgan fingerprint density at radius 2 is 2.00 bits per heavy atom. The first-order valence-electron chi connectivity index (χ1n) is 5.59. The molecule has 3 aliphatic rings. The summed E-state index contributed by atoms with van der Waals surface area (Å²) in [6, 6.07) is 0. The second kappa shape index (κ2) is 2.29. The van der Waals surface area contributed by atoms with Gasteiger partial charge in [0.1, 0.15) is 11.6 Å². The number of carbonyl (C=O) groups is 2. The molecule has 3 saturated carbocycles. The largest absolute Gasteiger partial charge is 0.299 e. The molecule has 0 aromatic rings. The summed E-state index contributed by atoms with van der Waals surface area (Å²) in [6.45, 7) is 4.23. The van der Waals surface area contributed by atoms with Crippen LogP contribution >= 0.6 is 0 Å². The summed E-state index contributed by atoms with van der Waals surface area (Å²) < 4.78 is 0. The Balaban J connectivity index is 2.02.